The maximum absolute atomic E-state index is 14.0. The maximum atomic E-state index is 14.0. The predicted octanol–water partition coefficient (Wildman–Crippen LogP) is 2.76. The molecule has 0 bridgehead atoms. The van der Waals surface area contributed by atoms with Gasteiger partial charge < -0.3 is 5.32 Å². The van der Waals surface area contributed by atoms with Gasteiger partial charge in [-0.25, -0.2) is 8.78 Å². The Labute approximate surface area is 108 Å². The zero-order chi connectivity index (χ0) is 13.4. The second kappa shape index (κ2) is 5.05. The molecule has 0 spiro atoms. The summed E-state index contributed by atoms with van der Waals surface area (Å²) in [6, 6.07) is 1.88. The number of fused-ring (bicyclic) bond motifs is 1. The van der Waals surface area contributed by atoms with Crippen molar-refractivity contribution in [3.05, 3.63) is 29.3 Å². The Bertz CT molecular complexity index is 492. The van der Waals surface area contributed by atoms with E-state index < -0.39 is 22.4 Å². The second-order valence-electron chi connectivity index (χ2n) is 4.67. The maximum Gasteiger partial charge on any atom is 0.139 e. The first-order chi connectivity index (χ1) is 8.49. The average molecular weight is 273 g/mol. The van der Waals surface area contributed by atoms with Crippen LogP contribution < -0.4 is 5.32 Å². The SMILES string of the molecule is CCNC1c2c(F)ccc(F)c2S(=O)C(C)C1C. The van der Waals surface area contributed by atoms with Crippen LogP contribution in [0.1, 0.15) is 32.4 Å². The van der Waals surface area contributed by atoms with Crippen molar-refractivity contribution in [1.29, 1.82) is 0 Å². The number of hydrogen-bond donors (Lipinski definition) is 1. The molecule has 0 saturated carbocycles. The number of halogens is 2. The molecule has 100 valence electrons. The minimum absolute atomic E-state index is 0.00502. The molecule has 1 aromatic carbocycles. The molecule has 1 aliphatic heterocycles. The molecule has 1 aromatic rings. The van der Waals surface area contributed by atoms with Gasteiger partial charge in [-0.05, 0) is 24.6 Å². The van der Waals surface area contributed by atoms with Crippen molar-refractivity contribution >= 4 is 10.8 Å². The molecule has 4 unspecified atom stereocenters. The molecule has 4 atom stereocenters. The van der Waals surface area contributed by atoms with Crippen molar-refractivity contribution in [1.82, 2.24) is 5.32 Å². The third-order valence-electron chi connectivity index (χ3n) is 3.63. The zero-order valence-corrected chi connectivity index (χ0v) is 11.5. The molecule has 0 aliphatic carbocycles. The molecule has 5 heteroatoms. The summed E-state index contributed by atoms with van der Waals surface area (Å²) in [5, 5.41) is 2.97. The first-order valence-electron chi connectivity index (χ1n) is 6.10. The van der Waals surface area contributed by atoms with Gasteiger partial charge in [-0.1, -0.05) is 20.8 Å². The Kier molecular flexibility index (Phi) is 3.82. The Hall–Kier alpha value is -0.810. The normalized spacial score (nSPS) is 31.2. The lowest BCUT2D eigenvalue weighted by Crippen LogP contribution is -2.40. The van der Waals surface area contributed by atoms with Gasteiger partial charge in [0.1, 0.15) is 11.6 Å². The first-order valence-corrected chi connectivity index (χ1v) is 7.32. The van der Waals surface area contributed by atoms with E-state index in [1.165, 1.54) is 0 Å². The lowest BCUT2D eigenvalue weighted by molar-refractivity contribution is 0.354. The first kappa shape index (κ1) is 13.6. The van der Waals surface area contributed by atoms with Crippen LogP contribution in [0.25, 0.3) is 0 Å². The molecule has 0 amide bonds. The summed E-state index contributed by atoms with van der Waals surface area (Å²) in [7, 11) is -1.49. The van der Waals surface area contributed by atoms with Crippen molar-refractivity contribution in [2.45, 2.75) is 37.0 Å². The van der Waals surface area contributed by atoms with Gasteiger partial charge in [0, 0.05) is 16.9 Å². The average Bonchev–Trinajstić information content (AvgIpc) is 2.35. The van der Waals surface area contributed by atoms with Gasteiger partial charge in [-0.15, -0.1) is 0 Å². The molecule has 1 heterocycles. The zero-order valence-electron chi connectivity index (χ0n) is 10.7. The van der Waals surface area contributed by atoms with Gasteiger partial charge in [0.2, 0.25) is 0 Å². The van der Waals surface area contributed by atoms with Crippen molar-refractivity contribution in [3.8, 4) is 0 Å². The summed E-state index contributed by atoms with van der Waals surface area (Å²) in [6.45, 7) is 6.31. The van der Waals surface area contributed by atoms with E-state index >= 15 is 0 Å². The van der Waals surface area contributed by atoms with Crippen LogP contribution in [0.4, 0.5) is 8.78 Å². The Morgan fingerprint density at radius 2 is 1.89 bits per heavy atom. The molecule has 1 aliphatic rings. The van der Waals surface area contributed by atoms with Gasteiger partial charge in [0.05, 0.1) is 15.7 Å². The molecular weight excluding hydrogens is 256 g/mol. The quantitative estimate of drug-likeness (QED) is 0.897. The fourth-order valence-electron chi connectivity index (χ4n) is 2.47. The minimum Gasteiger partial charge on any atom is -0.310 e. The molecule has 2 rings (SSSR count). The Morgan fingerprint density at radius 3 is 2.50 bits per heavy atom. The van der Waals surface area contributed by atoms with E-state index in [0.717, 1.165) is 12.1 Å². The highest BCUT2D eigenvalue weighted by atomic mass is 32.2. The number of benzene rings is 1. The lowest BCUT2D eigenvalue weighted by Gasteiger charge is -2.36. The summed E-state index contributed by atoms with van der Waals surface area (Å²) in [5.74, 6) is -1.06. The van der Waals surface area contributed by atoms with Crippen LogP contribution in [0.2, 0.25) is 0 Å². The van der Waals surface area contributed by atoms with Crippen molar-refractivity contribution in [3.63, 3.8) is 0 Å². The van der Waals surface area contributed by atoms with Crippen LogP contribution in [-0.2, 0) is 10.8 Å². The molecular formula is C13H17F2NOS. The highest BCUT2D eigenvalue weighted by molar-refractivity contribution is 7.85. The highest BCUT2D eigenvalue weighted by Gasteiger charge is 2.39. The van der Waals surface area contributed by atoms with Crippen molar-refractivity contribution in [2.24, 2.45) is 5.92 Å². The highest BCUT2D eigenvalue weighted by Crippen LogP contribution is 2.40. The molecule has 2 nitrogen and oxygen atoms in total. The second-order valence-corrected chi connectivity index (χ2v) is 6.42. The van der Waals surface area contributed by atoms with Crippen LogP contribution in [0.15, 0.2) is 17.0 Å². The summed E-state index contributed by atoms with van der Waals surface area (Å²) in [6.07, 6.45) is 0. The van der Waals surface area contributed by atoms with Gasteiger partial charge >= 0.3 is 0 Å². The standard InChI is InChI=1S/C13H17F2NOS/c1-4-16-12-7(2)8(3)18(17)13-10(15)6-5-9(14)11(12)13/h5-8,12,16H,4H2,1-3H3. The lowest BCUT2D eigenvalue weighted by atomic mass is 9.91. The topological polar surface area (TPSA) is 29.1 Å². The summed E-state index contributed by atoms with van der Waals surface area (Å²) < 4.78 is 40.0. The van der Waals surface area contributed by atoms with E-state index in [-0.39, 0.29) is 27.7 Å². The third kappa shape index (κ3) is 1.99. The van der Waals surface area contributed by atoms with Crippen molar-refractivity contribution in [2.75, 3.05) is 6.54 Å². The fourth-order valence-corrected chi connectivity index (χ4v) is 4.09. The van der Waals surface area contributed by atoms with Crippen LogP contribution in [-0.4, -0.2) is 16.0 Å². The van der Waals surface area contributed by atoms with E-state index in [2.05, 4.69) is 5.32 Å². The molecule has 18 heavy (non-hydrogen) atoms. The minimum atomic E-state index is -1.49. The molecule has 0 fully saturated rings. The van der Waals surface area contributed by atoms with Gasteiger partial charge in [0.15, 0.2) is 0 Å². The third-order valence-corrected chi connectivity index (χ3v) is 5.56. The monoisotopic (exact) mass is 273 g/mol. The summed E-state index contributed by atoms with van der Waals surface area (Å²) >= 11 is 0. The summed E-state index contributed by atoms with van der Waals surface area (Å²) in [5.41, 5.74) is 0.237. The van der Waals surface area contributed by atoms with E-state index in [9.17, 15) is 13.0 Å². The number of nitrogens with one attached hydrogen (secondary N) is 1. The number of hydrogen-bond acceptors (Lipinski definition) is 2. The van der Waals surface area contributed by atoms with Crippen LogP contribution in [0.5, 0.6) is 0 Å². The van der Waals surface area contributed by atoms with E-state index in [1.54, 1.807) is 0 Å². The molecule has 0 aromatic heterocycles. The van der Waals surface area contributed by atoms with Gasteiger partial charge in [-0.3, -0.25) is 4.21 Å². The van der Waals surface area contributed by atoms with E-state index in [4.69, 9.17) is 0 Å². The molecule has 1 N–H and O–H groups in total. The Balaban J connectivity index is 2.65. The molecule has 0 saturated heterocycles. The number of rotatable bonds is 2. The fraction of sp³-hybridized carbons (Fsp3) is 0.538. The van der Waals surface area contributed by atoms with Gasteiger partial charge in [0.25, 0.3) is 0 Å². The molecule has 0 radical (unpaired) electrons. The smallest absolute Gasteiger partial charge is 0.139 e. The van der Waals surface area contributed by atoms with Crippen LogP contribution in [0, 0.1) is 17.6 Å². The van der Waals surface area contributed by atoms with E-state index in [1.807, 2.05) is 20.8 Å². The van der Waals surface area contributed by atoms with Crippen molar-refractivity contribution < 1.29 is 13.0 Å². The Morgan fingerprint density at radius 1 is 1.28 bits per heavy atom. The van der Waals surface area contributed by atoms with Crippen LogP contribution >= 0.6 is 0 Å². The van der Waals surface area contributed by atoms with E-state index in [0.29, 0.717) is 6.54 Å². The largest absolute Gasteiger partial charge is 0.310 e. The summed E-state index contributed by atoms with van der Waals surface area (Å²) in [4.78, 5) is 0.0338. The van der Waals surface area contributed by atoms with Gasteiger partial charge in [-0.2, -0.15) is 0 Å². The van der Waals surface area contributed by atoms with Crippen LogP contribution in [0.3, 0.4) is 0 Å². The predicted molar refractivity (Wildman–Crippen MR) is 67.8 cm³/mol.